The number of ether oxygens (including phenoxy) is 3. The fourth-order valence-electron chi connectivity index (χ4n) is 2.04. The van der Waals surface area contributed by atoms with E-state index in [2.05, 4.69) is 15.6 Å². The fourth-order valence-corrected chi connectivity index (χ4v) is 2.33. The molecular formula is C16H25ClIN3O3. The second-order valence-corrected chi connectivity index (χ2v) is 6.25. The molecule has 0 saturated heterocycles. The highest BCUT2D eigenvalue weighted by atomic mass is 127. The van der Waals surface area contributed by atoms with E-state index in [1.807, 2.05) is 26.0 Å². The standard InChI is InChI=1S/C16H24ClN3O3.HI/c1-16(2,21-4)10-20-15(18-3)19-9-11-7-12(17)14-13(8-11)22-5-6-23-14;/h7-8H,5-6,9-10H2,1-4H3,(H2,18,19,20);1H. The number of nitrogens with zero attached hydrogens (tertiary/aromatic N) is 1. The van der Waals surface area contributed by atoms with Gasteiger partial charge in [0.2, 0.25) is 0 Å². The largest absolute Gasteiger partial charge is 0.486 e. The maximum absolute atomic E-state index is 6.24. The van der Waals surface area contributed by atoms with Crippen LogP contribution in [0.15, 0.2) is 17.1 Å². The maximum Gasteiger partial charge on any atom is 0.191 e. The first-order chi connectivity index (χ1) is 10.9. The molecule has 0 aromatic heterocycles. The molecule has 0 radical (unpaired) electrons. The molecule has 136 valence electrons. The van der Waals surface area contributed by atoms with Gasteiger partial charge >= 0.3 is 0 Å². The van der Waals surface area contributed by atoms with E-state index in [0.29, 0.717) is 48.8 Å². The van der Waals surface area contributed by atoms with Crippen molar-refractivity contribution in [2.45, 2.75) is 26.0 Å². The summed E-state index contributed by atoms with van der Waals surface area (Å²) in [6.45, 7) is 6.29. The van der Waals surface area contributed by atoms with Crippen molar-refractivity contribution in [3.63, 3.8) is 0 Å². The Bertz CT molecular complexity index is 582. The van der Waals surface area contributed by atoms with Crippen LogP contribution in [-0.2, 0) is 11.3 Å². The van der Waals surface area contributed by atoms with Crippen molar-refractivity contribution in [3.8, 4) is 11.5 Å². The normalized spacial score (nSPS) is 14.0. The predicted octanol–water partition coefficient (Wildman–Crippen LogP) is 2.82. The quantitative estimate of drug-likeness (QED) is 0.394. The number of benzene rings is 1. The number of rotatable bonds is 5. The molecule has 2 N–H and O–H groups in total. The second-order valence-electron chi connectivity index (χ2n) is 5.84. The summed E-state index contributed by atoms with van der Waals surface area (Å²) in [5.41, 5.74) is 0.728. The van der Waals surface area contributed by atoms with E-state index in [0.717, 1.165) is 5.56 Å². The molecule has 0 saturated carbocycles. The fraction of sp³-hybridized carbons (Fsp3) is 0.562. The van der Waals surface area contributed by atoms with Crippen LogP contribution in [0.5, 0.6) is 11.5 Å². The van der Waals surface area contributed by atoms with Crippen molar-refractivity contribution in [1.29, 1.82) is 0 Å². The summed E-state index contributed by atoms with van der Waals surface area (Å²) in [5.74, 6) is 2.00. The zero-order valence-electron chi connectivity index (χ0n) is 14.4. The van der Waals surface area contributed by atoms with Gasteiger partial charge in [-0.1, -0.05) is 11.6 Å². The summed E-state index contributed by atoms with van der Waals surface area (Å²) in [7, 11) is 3.42. The molecule has 24 heavy (non-hydrogen) atoms. The van der Waals surface area contributed by atoms with Gasteiger partial charge in [-0.25, -0.2) is 0 Å². The predicted molar refractivity (Wildman–Crippen MR) is 107 cm³/mol. The van der Waals surface area contributed by atoms with Crippen LogP contribution < -0.4 is 20.1 Å². The summed E-state index contributed by atoms with van der Waals surface area (Å²) in [5, 5.41) is 7.04. The Hall–Kier alpha value is -0.930. The molecule has 0 bridgehead atoms. The van der Waals surface area contributed by atoms with Gasteiger partial charge in [-0.3, -0.25) is 4.99 Å². The molecule has 8 heteroatoms. The lowest BCUT2D eigenvalue weighted by molar-refractivity contribution is 0.0268. The molecule has 2 rings (SSSR count). The van der Waals surface area contributed by atoms with Gasteiger partial charge in [-0.2, -0.15) is 0 Å². The van der Waals surface area contributed by atoms with Crippen molar-refractivity contribution in [3.05, 3.63) is 22.7 Å². The van der Waals surface area contributed by atoms with Crippen LogP contribution in [0.1, 0.15) is 19.4 Å². The van der Waals surface area contributed by atoms with Gasteiger partial charge in [0.05, 0.1) is 10.6 Å². The van der Waals surface area contributed by atoms with Gasteiger partial charge in [-0.05, 0) is 31.5 Å². The van der Waals surface area contributed by atoms with Crippen molar-refractivity contribution in [1.82, 2.24) is 10.6 Å². The van der Waals surface area contributed by atoms with Crippen LogP contribution >= 0.6 is 35.6 Å². The SMILES string of the molecule is CN=C(NCc1cc(Cl)c2c(c1)OCCO2)NCC(C)(C)OC.I. The molecule has 1 heterocycles. The summed E-state index contributed by atoms with van der Waals surface area (Å²) in [6.07, 6.45) is 0. The van der Waals surface area contributed by atoms with E-state index >= 15 is 0 Å². The number of hydrogen-bond donors (Lipinski definition) is 2. The summed E-state index contributed by atoms with van der Waals surface area (Å²) in [6, 6.07) is 3.80. The monoisotopic (exact) mass is 469 g/mol. The van der Waals surface area contributed by atoms with Crippen LogP contribution in [0.3, 0.4) is 0 Å². The Morgan fingerprint density at radius 2 is 2.00 bits per heavy atom. The van der Waals surface area contributed by atoms with Crippen molar-refractivity contribution in [2.24, 2.45) is 4.99 Å². The highest BCUT2D eigenvalue weighted by Crippen LogP contribution is 2.38. The molecule has 1 aromatic carbocycles. The molecule has 0 unspecified atom stereocenters. The molecule has 0 atom stereocenters. The van der Waals surface area contributed by atoms with E-state index in [-0.39, 0.29) is 29.6 Å². The van der Waals surface area contributed by atoms with E-state index < -0.39 is 0 Å². The molecule has 0 amide bonds. The van der Waals surface area contributed by atoms with Gasteiger partial charge < -0.3 is 24.8 Å². The minimum Gasteiger partial charge on any atom is -0.486 e. The average Bonchev–Trinajstić information content (AvgIpc) is 2.55. The lowest BCUT2D eigenvalue weighted by atomic mass is 10.1. The smallest absolute Gasteiger partial charge is 0.191 e. The van der Waals surface area contributed by atoms with Crippen LogP contribution in [0.25, 0.3) is 0 Å². The zero-order chi connectivity index (χ0) is 16.9. The van der Waals surface area contributed by atoms with E-state index in [9.17, 15) is 0 Å². The maximum atomic E-state index is 6.24. The topological polar surface area (TPSA) is 64.1 Å². The summed E-state index contributed by atoms with van der Waals surface area (Å²) >= 11 is 6.24. The Morgan fingerprint density at radius 3 is 2.67 bits per heavy atom. The minimum atomic E-state index is -0.266. The number of guanidine groups is 1. The number of nitrogens with one attached hydrogen (secondary N) is 2. The Labute approximate surface area is 165 Å². The molecule has 1 aromatic rings. The number of halogens is 2. The van der Waals surface area contributed by atoms with Gasteiger partial charge in [0.25, 0.3) is 0 Å². The molecular weight excluding hydrogens is 445 g/mol. The average molecular weight is 470 g/mol. The lowest BCUT2D eigenvalue weighted by Gasteiger charge is -2.24. The van der Waals surface area contributed by atoms with Crippen LogP contribution in [0.4, 0.5) is 0 Å². The first-order valence-electron chi connectivity index (χ1n) is 7.53. The highest BCUT2D eigenvalue weighted by molar-refractivity contribution is 14.0. The van der Waals surface area contributed by atoms with Crippen molar-refractivity contribution in [2.75, 3.05) is 33.9 Å². The molecule has 1 aliphatic heterocycles. The Kier molecular flexibility index (Phi) is 8.38. The van der Waals surface area contributed by atoms with Crippen LogP contribution in [0, 0.1) is 0 Å². The lowest BCUT2D eigenvalue weighted by Crippen LogP contribution is -2.45. The Morgan fingerprint density at radius 1 is 1.29 bits per heavy atom. The van der Waals surface area contributed by atoms with Gasteiger partial charge in [0.1, 0.15) is 13.2 Å². The van der Waals surface area contributed by atoms with Crippen LogP contribution in [-0.4, -0.2) is 45.5 Å². The highest BCUT2D eigenvalue weighted by Gasteiger charge is 2.18. The van der Waals surface area contributed by atoms with E-state index in [4.69, 9.17) is 25.8 Å². The third-order valence-electron chi connectivity index (χ3n) is 3.57. The third kappa shape index (κ3) is 5.86. The van der Waals surface area contributed by atoms with Gasteiger partial charge in [0, 0.05) is 27.2 Å². The Balaban J connectivity index is 0.00000288. The van der Waals surface area contributed by atoms with Crippen molar-refractivity contribution < 1.29 is 14.2 Å². The van der Waals surface area contributed by atoms with E-state index in [1.54, 1.807) is 14.2 Å². The molecule has 0 spiro atoms. The molecule has 0 fully saturated rings. The first kappa shape index (κ1) is 21.1. The van der Waals surface area contributed by atoms with E-state index in [1.165, 1.54) is 0 Å². The first-order valence-corrected chi connectivity index (χ1v) is 7.90. The van der Waals surface area contributed by atoms with Crippen LogP contribution in [0.2, 0.25) is 5.02 Å². The minimum absolute atomic E-state index is 0. The summed E-state index contributed by atoms with van der Waals surface area (Å²) in [4.78, 5) is 4.20. The number of fused-ring (bicyclic) bond motifs is 1. The number of methoxy groups -OCH3 is 1. The number of hydrogen-bond acceptors (Lipinski definition) is 4. The zero-order valence-corrected chi connectivity index (χ0v) is 17.5. The summed E-state index contributed by atoms with van der Waals surface area (Å²) < 4.78 is 16.5. The van der Waals surface area contributed by atoms with Gasteiger partial charge in [0.15, 0.2) is 17.5 Å². The van der Waals surface area contributed by atoms with Crippen molar-refractivity contribution >= 4 is 41.5 Å². The van der Waals surface area contributed by atoms with Gasteiger partial charge in [-0.15, -0.1) is 24.0 Å². The number of aliphatic imine (C=N–C) groups is 1. The molecule has 6 nitrogen and oxygen atoms in total. The molecule has 1 aliphatic rings. The second kappa shape index (κ2) is 9.53. The molecule has 0 aliphatic carbocycles. The third-order valence-corrected chi connectivity index (χ3v) is 3.86.